The number of carbonyl (C=O) groups excluding carboxylic acids is 1. The Kier molecular flexibility index (Phi) is 2.80. The predicted octanol–water partition coefficient (Wildman–Crippen LogP) is 0.850. The van der Waals surface area contributed by atoms with E-state index in [1.165, 1.54) is 16.8 Å². The maximum absolute atomic E-state index is 13.7. The zero-order valence-electron chi connectivity index (χ0n) is 8.39. The first-order valence-corrected chi connectivity index (χ1v) is 5.26. The first-order valence-electron chi connectivity index (χ1n) is 4.47. The van der Waals surface area contributed by atoms with Crippen LogP contribution in [-0.2, 0) is 0 Å². The highest BCUT2D eigenvalue weighted by atomic mass is 79.9. The van der Waals surface area contributed by atoms with Gasteiger partial charge in [0.2, 0.25) is 16.6 Å². The molecule has 0 bridgehead atoms. The molecule has 0 unspecified atom stereocenters. The van der Waals surface area contributed by atoms with Crippen LogP contribution in [0.4, 0.5) is 10.3 Å². The third-order valence-corrected chi connectivity index (χ3v) is 2.56. The van der Waals surface area contributed by atoms with E-state index in [9.17, 15) is 9.18 Å². The highest BCUT2D eigenvalue weighted by Crippen LogP contribution is 2.19. The molecule has 0 aliphatic heterocycles. The molecule has 1 heterocycles. The molecule has 0 aliphatic rings. The Balaban J connectivity index is 2.54. The van der Waals surface area contributed by atoms with Gasteiger partial charge in [-0.2, -0.15) is 4.98 Å². The molecule has 1 amide bonds. The van der Waals surface area contributed by atoms with Crippen LogP contribution in [0.2, 0.25) is 0 Å². The van der Waals surface area contributed by atoms with Crippen molar-refractivity contribution in [2.45, 2.75) is 0 Å². The van der Waals surface area contributed by atoms with E-state index < -0.39 is 11.7 Å². The smallest absolute Gasteiger partial charge is 0.248 e. The van der Waals surface area contributed by atoms with Gasteiger partial charge in [-0.05, 0) is 34.1 Å². The summed E-state index contributed by atoms with van der Waals surface area (Å²) in [5.74, 6) is -1.34. The summed E-state index contributed by atoms with van der Waals surface area (Å²) in [6.45, 7) is 0. The van der Waals surface area contributed by atoms with Crippen LogP contribution in [-0.4, -0.2) is 20.7 Å². The first-order chi connectivity index (χ1) is 7.99. The van der Waals surface area contributed by atoms with Gasteiger partial charge in [0.1, 0.15) is 11.5 Å². The Labute approximate surface area is 104 Å². The van der Waals surface area contributed by atoms with Crippen molar-refractivity contribution in [3.05, 3.63) is 34.3 Å². The van der Waals surface area contributed by atoms with Crippen molar-refractivity contribution in [3.63, 3.8) is 0 Å². The number of nitrogen functional groups attached to an aromatic ring is 1. The number of hydrogen-bond donors (Lipinski definition) is 2. The monoisotopic (exact) mass is 299 g/mol. The molecule has 2 rings (SSSR count). The topological polar surface area (TPSA) is 99.8 Å². The van der Waals surface area contributed by atoms with Crippen molar-refractivity contribution in [1.82, 2.24) is 14.8 Å². The van der Waals surface area contributed by atoms with Gasteiger partial charge in [-0.15, -0.1) is 5.10 Å². The van der Waals surface area contributed by atoms with Gasteiger partial charge in [0.15, 0.2) is 0 Å². The zero-order chi connectivity index (χ0) is 12.6. The molecule has 0 saturated carbocycles. The van der Waals surface area contributed by atoms with Crippen LogP contribution >= 0.6 is 15.9 Å². The fourth-order valence-electron chi connectivity index (χ4n) is 1.29. The number of nitrogens with two attached hydrogens (primary N) is 2. The molecule has 1 aromatic heterocycles. The molecule has 1 aromatic carbocycles. The normalized spacial score (nSPS) is 10.5. The van der Waals surface area contributed by atoms with Gasteiger partial charge < -0.3 is 11.5 Å². The van der Waals surface area contributed by atoms with Crippen LogP contribution in [0, 0.1) is 5.82 Å². The molecule has 0 fully saturated rings. The number of rotatable bonds is 2. The van der Waals surface area contributed by atoms with Crippen LogP contribution in [0.25, 0.3) is 5.69 Å². The molecule has 2 aromatic rings. The number of halogens is 2. The summed E-state index contributed by atoms with van der Waals surface area (Å²) in [6.07, 6.45) is 0. The second-order valence-corrected chi connectivity index (χ2v) is 3.89. The molecular weight excluding hydrogens is 293 g/mol. The van der Waals surface area contributed by atoms with Gasteiger partial charge in [0, 0.05) is 5.56 Å². The van der Waals surface area contributed by atoms with Gasteiger partial charge in [-0.3, -0.25) is 4.79 Å². The minimum atomic E-state index is -0.701. The van der Waals surface area contributed by atoms with E-state index in [1.54, 1.807) is 0 Å². The van der Waals surface area contributed by atoms with E-state index in [1.807, 2.05) is 0 Å². The van der Waals surface area contributed by atoms with Gasteiger partial charge in [-0.25, -0.2) is 9.07 Å². The molecule has 0 aliphatic carbocycles. The third-order valence-electron chi connectivity index (χ3n) is 2.04. The maximum Gasteiger partial charge on any atom is 0.248 e. The molecule has 17 heavy (non-hydrogen) atoms. The van der Waals surface area contributed by atoms with Crippen molar-refractivity contribution in [2.24, 2.45) is 5.73 Å². The van der Waals surface area contributed by atoms with E-state index in [4.69, 9.17) is 11.5 Å². The Morgan fingerprint density at radius 2 is 2.18 bits per heavy atom. The lowest BCUT2D eigenvalue weighted by atomic mass is 10.2. The summed E-state index contributed by atoms with van der Waals surface area (Å²) in [7, 11) is 0. The standard InChI is InChI=1S/C9H7BrFN5O/c10-8-14-9(13)15-16(8)6-2-1-4(7(12)17)3-5(6)11/h1-3H,(H2,12,17)(H2,13,15). The van der Waals surface area contributed by atoms with Gasteiger partial charge in [0.25, 0.3) is 0 Å². The van der Waals surface area contributed by atoms with Crippen LogP contribution in [0.5, 0.6) is 0 Å². The molecule has 0 atom stereocenters. The van der Waals surface area contributed by atoms with E-state index in [0.717, 1.165) is 6.07 Å². The number of primary amides is 1. The van der Waals surface area contributed by atoms with Crippen molar-refractivity contribution in [3.8, 4) is 5.69 Å². The highest BCUT2D eigenvalue weighted by molar-refractivity contribution is 9.10. The third kappa shape index (κ3) is 2.11. The largest absolute Gasteiger partial charge is 0.366 e. The minimum Gasteiger partial charge on any atom is -0.366 e. The van der Waals surface area contributed by atoms with Crippen molar-refractivity contribution in [1.29, 1.82) is 0 Å². The summed E-state index contributed by atoms with van der Waals surface area (Å²) >= 11 is 3.09. The molecule has 6 nitrogen and oxygen atoms in total. The van der Waals surface area contributed by atoms with Crippen molar-refractivity contribution >= 4 is 27.8 Å². The fraction of sp³-hybridized carbons (Fsp3) is 0. The molecular formula is C9H7BrFN5O. The Morgan fingerprint density at radius 3 is 2.65 bits per heavy atom. The molecule has 88 valence electrons. The minimum absolute atomic E-state index is 0.00949. The molecule has 4 N–H and O–H groups in total. The number of hydrogen-bond acceptors (Lipinski definition) is 4. The Morgan fingerprint density at radius 1 is 1.47 bits per heavy atom. The van der Waals surface area contributed by atoms with E-state index >= 15 is 0 Å². The number of aromatic nitrogens is 3. The van der Waals surface area contributed by atoms with Crippen molar-refractivity contribution < 1.29 is 9.18 Å². The lowest BCUT2D eigenvalue weighted by molar-refractivity contribution is 0.1000. The SMILES string of the molecule is NC(=O)c1ccc(-n2nc(N)nc2Br)c(F)c1. The van der Waals surface area contributed by atoms with Gasteiger partial charge in [0.05, 0.1) is 0 Å². The average Bonchev–Trinajstić information content (AvgIpc) is 2.57. The van der Waals surface area contributed by atoms with Crippen LogP contribution in [0.15, 0.2) is 22.9 Å². The zero-order valence-corrected chi connectivity index (χ0v) is 9.98. The second kappa shape index (κ2) is 4.13. The summed E-state index contributed by atoms with van der Waals surface area (Å²) in [6, 6.07) is 3.79. The number of amides is 1. The number of carbonyl (C=O) groups is 1. The summed E-state index contributed by atoms with van der Waals surface area (Å²) in [5, 5.41) is 3.80. The summed E-state index contributed by atoms with van der Waals surface area (Å²) < 4.78 is 15.2. The van der Waals surface area contributed by atoms with Gasteiger partial charge >= 0.3 is 0 Å². The van der Waals surface area contributed by atoms with Gasteiger partial charge in [-0.1, -0.05) is 0 Å². The summed E-state index contributed by atoms with van der Waals surface area (Å²) in [4.78, 5) is 14.6. The molecule has 8 heteroatoms. The van der Waals surface area contributed by atoms with Crippen molar-refractivity contribution in [2.75, 3.05) is 5.73 Å². The van der Waals surface area contributed by atoms with E-state index in [-0.39, 0.29) is 21.9 Å². The molecule has 0 spiro atoms. The van der Waals surface area contributed by atoms with Crippen LogP contribution in [0.3, 0.4) is 0 Å². The number of benzene rings is 1. The Bertz CT molecular complexity index is 597. The van der Waals surface area contributed by atoms with E-state index in [0.29, 0.717) is 0 Å². The first kappa shape index (κ1) is 11.5. The Hall–Kier alpha value is -1.96. The summed E-state index contributed by atoms with van der Waals surface area (Å²) in [5.41, 5.74) is 10.6. The molecule has 0 saturated heterocycles. The van der Waals surface area contributed by atoms with E-state index in [2.05, 4.69) is 26.0 Å². The predicted molar refractivity (Wildman–Crippen MR) is 61.9 cm³/mol. The maximum atomic E-state index is 13.7. The quantitative estimate of drug-likeness (QED) is 0.858. The number of nitrogens with zero attached hydrogens (tertiary/aromatic N) is 3. The highest BCUT2D eigenvalue weighted by Gasteiger charge is 2.13. The lowest BCUT2D eigenvalue weighted by Crippen LogP contribution is -2.12. The molecule has 0 radical (unpaired) electrons. The second-order valence-electron chi connectivity index (χ2n) is 3.18. The fourth-order valence-corrected chi connectivity index (χ4v) is 1.75. The average molecular weight is 300 g/mol. The van der Waals surface area contributed by atoms with Crippen LogP contribution in [0.1, 0.15) is 10.4 Å². The number of anilines is 1. The van der Waals surface area contributed by atoms with Crippen LogP contribution < -0.4 is 11.5 Å². The lowest BCUT2D eigenvalue weighted by Gasteiger charge is -2.04.